The van der Waals surface area contributed by atoms with Crippen LogP contribution in [-0.2, 0) is 22.7 Å². The second-order valence-corrected chi connectivity index (χ2v) is 8.27. The summed E-state index contributed by atoms with van der Waals surface area (Å²) in [7, 11) is 0. The van der Waals surface area contributed by atoms with Gasteiger partial charge in [-0.05, 0) is 33.1 Å². The molecule has 158 valence electrons. The highest BCUT2D eigenvalue weighted by Crippen LogP contribution is 2.26. The number of likely N-dealkylation sites (tertiary alicyclic amines) is 1. The Balaban J connectivity index is 1.69. The third-order valence-corrected chi connectivity index (χ3v) is 6.25. The summed E-state index contributed by atoms with van der Waals surface area (Å²) in [5.41, 5.74) is 0. The maximum Gasteiger partial charge on any atom is 0.239 e. The van der Waals surface area contributed by atoms with Crippen molar-refractivity contribution in [1.29, 1.82) is 0 Å². The summed E-state index contributed by atoms with van der Waals surface area (Å²) < 4.78 is 6.98. The van der Waals surface area contributed by atoms with E-state index in [1.165, 1.54) is 11.8 Å². The minimum Gasteiger partial charge on any atom is -0.360 e. The molecule has 0 unspecified atom stereocenters. The van der Waals surface area contributed by atoms with Crippen LogP contribution in [-0.4, -0.2) is 48.4 Å². The van der Waals surface area contributed by atoms with Crippen LogP contribution >= 0.6 is 11.8 Å². The molecule has 2 aromatic heterocycles. The van der Waals surface area contributed by atoms with Crippen LogP contribution in [0.15, 0.2) is 15.7 Å². The van der Waals surface area contributed by atoms with E-state index in [1.807, 2.05) is 23.3 Å². The van der Waals surface area contributed by atoms with E-state index in [0.29, 0.717) is 42.7 Å². The molecule has 9 nitrogen and oxygen atoms in total. The fraction of sp³-hybridized carbons (Fsp3) is 0.632. The summed E-state index contributed by atoms with van der Waals surface area (Å²) in [4.78, 5) is 26.8. The average molecular weight is 421 g/mol. The van der Waals surface area contributed by atoms with Crippen molar-refractivity contribution >= 4 is 29.4 Å². The molecule has 0 bridgehead atoms. The van der Waals surface area contributed by atoms with E-state index in [1.54, 1.807) is 13.0 Å². The first-order valence-electron chi connectivity index (χ1n) is 10.1. The van der Waals surface area contributed by atoms with Crippen LogP contribution < -0.4 is 5.32 Å². The lowest BCUT2D eigenvalue weighted by atomic mass is 10.2. The zero-order valence-corrected chi connectivity index (χ0v) is 18.0. The third kappa shape index (κ3) is 5.37. The molecule has 1 aliphatic heterocycles. The number of aromatic nitrogens is 4. The van der Waals surface area contributed by atoms with E-state index in [-0.39, 0.29) is 17.1 Å². The van der Waals surface area contributed by atoms with Crippen LogP contribution in [0.4, 0.5) is 5.82 Å². The third-order valence-electron chi connectivity index (χ3n) is 4.90. The smallest absolute Gasteiger partial charge is 0.239 e. The maximum atomic E-state index is 12.6. The number of anilines is 1. The van der Waals surface area contributed by atoms with Gasteiger partial charge in [-0.25, -0.2) is 0 Å². The molecular formula is C19H28N6O3S. The Morgan fingerprint density at radius 3 is 2.83 bits per heavy atom. The molecule has 0 saturated carbocycles. The fourth-order valence-corrected chi connectivity index (χ4v) is 4.34. The van der Waals surface area contributed by atoms with Gasteiger partial charge < -0.3 is 19.3 Å². The van der Waals surface area contributed by atoms with Gasteiger partial charge in [-0.15, -0.1) is 10.2 Å². The zero-order valence-electron chi connectivity index (χ0n) is 17.2. The quantitative estimate of drug-likeness (QED) is 0.654. The Hall–Kier alpha value is -2.36. The number of nitrogens with one attached hydrogen (secondary N) is 1. The maximum absolute atomic E-state index is 12.6. The lowest BCUT2D eigenvalue weighted by Gasteiger charge is -2.20. The number of carbonyl (C=O) groups is 2. The van der Waals surface area contributed by atoms with Gasteiger partial charge in [0.2, 0.25) is 11.8 Å². The Kier molecular flexibility index (Phi) is 7.29. The predicted molar refractivity (Wildman–Crippen MR) is 109 cm³/mol. The molecule has 0 spiro atoms. The molecule has 2 amide bonds. The van der Waals surface area contributed by atoms with E-state index in [0.717, 1.165) is 31.6 Å². The van der Waals surface area contributed by atoms with Crippen molar-refractivity contribution in [2.75, 3.05) is 11.9 Å². The summed E-state index contributed by atoms with van der Waals surface area (Å²) in [6.45, 7) is 7.63. The fourth-order valence-electron chi connectivity index (χ4n) is 3.30. The van der Waals surface area contributed by atoms with Crippen LogP contribution in [0.25, 0.3) is 0 Å². The van der Waals surface area contributed by atoms with Crippen molar-refractivity contribution in [3.63, 3.8) is 0 Å². The monoisotopic (exact) mass is 420 g/mol. The molecule has 1 saturated heterocycles. The second kappa shape index (κ2) is 9.91. The molecule has 3 heterocycles. The van der Waals surface area contributed by atoms with Gasteiger partial charge in [-0.1, -0.05) is 30.3 Å². The highest BCUT2D eigenvalue weighted by Gasteiger charge is 2.25. The molecular weight excluding hydrogens is 392 g/mol. The lowest BCUT2D eigenvalue weighted by Crippen LogP contribution is -2.31. The molecule has 1 aliphatic rings. The molecule has 1 N–H and O–H groups in total. The number of nitrogens with zero attached hydrogens (tertiary/aromatic N) is 5. The summed E-state index contributed by atoms with van der Waals surface area (Å²) >= 11 is 1.38. The number of thioether (sulfide) groups is 1. The number of amides is 2. The van der Waals surface area contributed by atoms with Gasteiger partial charge >= 0.3 is 0 Å². The van der Waals surface area contributed by atoms with Gasteiger partial charge in [0.25, 0.3) is 0 Å². The molecule has 10 heteroatoms. The number of hydrogen-bond acceptors (Lipinski definition) is 7. The molecule has 0 aliphatic carbocycles. The van der Waals surface area contributed by atoms with Crippen molar-refractivity contribution in [2.24, 2.45) is 0 Å². The van der Waals surface area contributed by atoms with Crippen LogP contribution in [0, 0.1) is 6.92 Å². The number of carbonyl (C=O) groups excluding carboxylic acids is 2. The first kappa shape index (κ1) is 21.4. The van der Waals surface area contributed by atoms with Gasteiger partial charge in [0.05, 0.1) is 11.8 Å². The first-order chi connectivity index (χ1) is 14.0. The average Bonchev–Trinajstić information content (AvgIpc) is 3.22. The van der Waals surface area contributed by atoms with Crippen molar-refractivity contribution in [3.8, 4) is 0 Å². The number of hydrogen-bond donors (Lipinski definition) is 1. The Labute approximate surface area is 174 Å². The Morgan fingerprint density at radius 2 is 2.14 bits per heavy atom. The van der Waals surface area contributed by atoms with Crippen molar-refractivity contribution in [3.05, 3.63) is 17.7 Å². The highest BCUT2D eigenvalue weighted by molar-refractivity contribution is 8.00. The highest BCUT2D eigenvalue weighted by atomic mass is 32.2. The zero-order chi connectivity index (χ0) is 20.8. The molecule has 0 radical (unpaired) electrons. The topological polar surface area (TPSA) is 106 Å². The summed E-state index contributed by atoms with van der Waals surface area (Å²) in [6.07, 6.45) is 4.29. The van der Waals surface area contributed by atoms with Crippen LogP contribution in [0.1, 0.15) is 57.5 Å². The van der Waals surface area contributed by atoms with E-state index >= 15 is 0 Å². The van der Waals surface area contributed by atoms with Gasteiger partial charge in [0, 0.05) is 25.6 Å². The summed E-state index contributed by atoms with van der Waals surface area (Å²) in [5.74, 6) is 1.83. The first-order valence-corrected chi connectivity index (χ1v) is 11.0. The van der Waals surface area contributed by atoms with Crippen LogP contribution in [0.3, 0.4) is 0 Å². The minimum absolute atomic E-state index is 0.152. The number of aryl methyl sites for hydroxylation is 1. The van der Waals surface area contributed by atoms with E-state index < -0.39 is 0 Å². The summed E-state index contributed by atoms with van der Waals surface area (Å²) in [5, 5.41) is 15.6. The Bertz CT molecular complexity index is 849. The van der Waals surface area contributed by atoms with E-state index in [4.69, 9.17) is 4.52 Å². The molecule has 0 aromatic carbocycles. The molecule has 1 atom stereocenters. The van der Waals surface area contributed by atoms with E-state index in [9.17, 15) is 9.59 Å². The van der Waals surface area contributed by atoms with Gasteiger partial charge in [-0.3, -0.25) is 9.59 Å². The predicted octanol–water partition coefficient (Wildman–Crippen LogP) is 3.01. The van der Waals surface area contributed by atoms with Gasteiger partial charge in [0.15, 0.2) is 16.8 Å². The van der Waals surface area contributed by atoms with Crippen molar-refractivity contribution in [1.82, 2.24) is 24.8 Å². The summed E-state index contributed by atoms with van der Waals surface area (Å²) in [6, 6.07) is 1.68. The second-order valence-electron chi connectivity index (χ2n) is 7.10. The SMILES string of the molecule is CC[C@@H](Sc1nnc(CN2CCCCCC2=O)n1CC)C(=O)Nc1cc(C)on1. The van der Waals surface area contributed by atoms with Crippen LogP contribution in [0.5, 0.6) is 0 Å². The molecule has 1 fully saturated rings. The van der Waals surface area contributed by atoms with E-state index in [2.05, 4.69) is 20.7 Å². The largest absolute Gasteiger partial charge is 0.360 e. The lowest BCUT2D eigenvalue weighted by molar-refractivity contribution is -0.131. The standard InChI is InChI=1S/C19H28N6O3S/c1-4-14(18(27)20-15-11-13(3)28-23-15)29-19-22-21-16(25(19)5-2)12-24-10-8-6-7-9-17(24)26/h11,14H,4-10,12H2,1-3H3,(H,20,23,27)/t14-/m1/s1. The van der Waals surface area contributed by atoms with Crippen molar-refractivity contribution < 1.29 is 14.1 Å². The normalized spacial score (nSPS) is 16.0. The minimum atomic E-state index is -0.339. The van der Waals surface area contributed by atoms with Gasteiger partial charge in [-0.2, -0.15) is 0 Å². The van der Waals surface area contributed by atoms with Crippen LogP contribution in [0.2, 0.25) is 0 Å². The van der Waals surface area contributed by atoms with Crippen molar-refractivity contribution in [2.45, 2.75) is 76.4 Å². The number of rotatable bonds is 8. The molecule has 3 rings (SSSR count). The Morgan fingerprint density at radius 1 is 1.31 bits per heavy atom. The van der Waals surface area contributed by atoms with Gasteiger partial charge in [0.1, 0.15) is 5.76 Å². The molecule has 2 aromatic rings. The molecule has 29 heavy (non-hydrogen) atoms.